The number of benzene rings is 1. The van der Waals surface area contributed by atoms with E-state index in [-0.39, 0.29) is 18.0 Å². The van der Waals surface area contributed by atoms with Gasteiger partial charge in [-0.15, -0.1) is 0 Å². The Hall–Kier alpha value is -3.16. The minimum absolute atomic E-state index is 0.0216. The van der Waals surface area contributed by atoms with E-state index >= 15 is 0 Å². The number of hydrogen-bond acceptors (Lipinski definition) is 6. The highest BCUT2D eigenvalue weighted by atomic mass is 16.6. The Morgan fingerprint density at radius 2 is 2.18 bits per heavy atom. The highest BCUT2D eigenvalue weighted by Crippen LogP contribution is 2.25. The van der Waals surface area contributed by atoms with Crippen molar-refractivity contribution in [1.29, 1.82) is 0 Å². The number of rotatable bonds is 6. The molecule has 8 heteroatoms. The van der Waals surface area contributed by atoms with Gasteiger partial charge in [0.05, 0.1) is 11.1 Å². The molecule has 0 unspecified atom stereocenters. The van der Waals surface area contributed by atoms with Crippen molar-refractivity contribution in [2.75, 3.05) is 6.61 Å². The number of para-hydroxylation sites is 2. The maximum absolute atomic E-state index is 11.5. The summed E-state index contributed by atoms with van der Waals surface area (Å²) in [6.45, 7) is 1.40. The molecule has 8 nitrogen and oxygen atoms in total. The third-order valence-corrected chi connectivity index (χ3v) is 2.56. The third kappa shape index (κ3) is 4.17. The van der Waals surface area contributed by atoms with Crippen LogP contribution in [-0.2, 0) is 4.79 Å². The Morgan fingerprint density at radius 3 is 2.86 bits per heavy atom. The van der Waals surface area contributed by atoms with Crippen LogP contribution in [0.25, 0.3) is 0 Å². The maximum Gasteiger partial charge on any atom is 0.310 e. The van der Waals surface area contributed by atoms with Gasteiger partial charge in [0.15, 0.2) is 12.4 Å². The minimum Gasteiger partial charge on any atom is -0.477 e. The van der Waals surface area contributed by atoms with E-state index in [1.54, 1.807) is 25.1 Å². The number of amides is 1. The normalized spacial score (nSPS) is 10.6. The van der Waals surface area contributed by atoms with E-state index in [1.807, 2.05) is 0 Å². The van der Waals surface area contributed by atoms with Gasteiger partial charge >= 0.3 is 5.69 Å². The number of nitrogens with zero attached hydrogens (tertiary/aromatic N) is 2. The summed E-state index contributed by atoms with van der Waals surface area (Å²) in [7, 11) is 0. The van der Waals surface area contributed by atoms with Gasteiger partial charge in [-0.3, -0.25) is 14.9 Å². The monoisotopic (exact) mass is 303 g/mol. The quantitative estimate of drug-likeness (QED) is 0.499. The third-order valence-electron chi connectivity index (χ3n) is 2.56. The van der Waals surface area contributed by atoms with Crippen molar-refractivity contribution in [3.05, 3.63) is 58.0 Å². The molecule has 0 aliphatic heterocycles. The lowest BCUT2D eigenvalue weighted by atomic mass is 10.3. The van der Waals surface area contributed by atoms with Crippen molar-refractivity contribution in [1.82, 2.24) is 5.43 Å². The Kier molecular flexibility index (Phi) is 4.86. The van der Waals surface area contributed by atoms with E-state index in [1.165, 1.54) is 24.4 Å². The lowest BCUT2D eigenvalue weighted by Crippen LogP contribution is -2.24. The van der Waals surface area contributed by atoms with Crippen LogP contribution in [0.1, 0.15) is 11.5 Å². The van der Waals surface area contributed by atoms with E-state index in [0.717, 1.165) is 5.76 Å². The lowest BCUT2D eigenvalue weighted by Gasteiger charge is -2.05. The molecule has 0 radical (unpaired) electrons. The molecule has 1 N–H and O–H groups in total. The Morgan fingerprint density at radius 1 is 1.41 bits per heavy atom. The summed E-state index contributed by atoms with van der Waals surface area (Å²) in [4.78, 5) is 21.8. The van der Waals surface area contributed by atoms with Crippen molar-refractivity contribution in [3.63, 3.8) is 0 Å². The molecule has 1 amide bonds. The highest BCUT2D eigenvalue weighted by molar-refractivity contribution is 5.81. The summed E-state index contributed by atoms with van der Waals surface area (Å²) < 4.78 is 10.3. The molecule has 0 saturated carbocycles. The van der Waals surface area contributed by atoms with Crippen LogP contribution >= 0.6 is 0 Å². The van der Waals surface area contributed by atoms with Crippen LogP contribution in [0.15, 0.2) is 45.9 Å². The van der Waals surface area contributed by atoms with E-state index in [2.05, 4.69) is 10.5 Å². The Labute approximate surface area is 125 Å². The smallest absolute Gasteiger partial charge is 0.310 e. The highest BCUT2D eigenvalue weighted by Gasteiger charge is 2.14. The summed E-state index contributed by atoms with van der Waals surface area (Å²) in [6.07, 6.45) is 1.34. The van der Waals surface area contributed by atoms with Crippen LogP contribution < -0.4 is 10.2 Å². The summed E-state index contributed by atoms with van der Waals surface area (Å²) >= 11 is 0. The van der Waals surface area contributed by atoms with Crippen molar-refractivity contribution >= 4 is 17.8 Å². The first kappa shape index (κ1) is 15.2. The largest absolute Gasteiger partial charge is 0.477 e. The molecule has 0 saturated heterocycles. The molecule has 114 valence electrons. The molecular formula is C14H13N3O5. The predicted molar refractivity (Wildman–Crippen MR) is 77.8 cm³/mol. The molecule has 0 aliphatic rings. The summed E-state index contributed by atoms with van der Waals surface area (Å²) in [5.74, 6) is 0.705. The number of nitro benzene ring substituents is 1. The topological polar surface area (TPSA) is 107 Å². The van der Waals surface area contributed by atoms with Gasteiger partial charge in [-0.1, -0.05) is 12.1 Å². The average molecular weight is 303 g/mol. The van der Waals surface area contributed by atoms with Gasteiger partial charge in [-0.2, -0.15) is 5.10 Å². The number of ether oxygens (including phenoxy) is 1. The number of hydrazone groups is 1. The van der Waals surface area contributed by atoms with Crippen molar-refractivity contribution in [2.45, 2.75) is 6.92 Å². The Balaban J connectivity index is 1.85. The molecule has 2 rings (SSSR count). The number of aryl methyl sites for hydroxylation is 1. The maximum atomic E-state index is 11.5. The molecule has 0 spiro atoms. The molecule has 22 heavy (non-hydrogen) atoms. The number of carbonyl (C=O) groups is 1. The summed E-state index contributed by atoms with van der Waals surface area (Å²) in [5, 5.41) is 14.5. The van der Waals surface area contributed by atoms with Crippen LogP contribution in [0.5, 0.6) is 5.75 Å². The SMILES string of the molecule is Cc1ccc(C=NNC(=O)COc2ccccc2[N+](=O)[O-])o1. The average Bonchev–Trinajstić information content (AvgIpc) is 2.91. The standard InChI is InChI=1S/C14H13N3O5/c1-10-6-7-11(22-10)8-15-16-14(18)9-21-13-5-3-2-4-12(13)17(19)20/h2-8H,9H2,1H3,(H,16,18). The second-order valence-electron chi connectivity index (χ2n) is 4.26. The fourth-order valence-electron chi connectivity index (χ4n) is 1.60. The van der Waals surface area contributed by atoms with Crippen LogP contribution in [0, 0.1) is 17.0 Å². The number of nitro groups is 1. The van der Waals surface area contributed by atoms with Gasteiger partial charge in [-0.25, -0.2) is 5.43 Å². The zero-order valence-corrected chi connectivity index (χ0v) is 11.7. The van der Waals surface area contributed by atoms with Gasteiger partial charge in [0.2, 0.25) is 0 Å². The van der Waals surface area contributed by atoms with Crippen LogP contribution in [0.4, 0.5) is 5.69 Å². The van der Waals surface area contributed by atoms with Crippen molar-refractivity contribution < 1.29 is 18.9 Å². The zero-order chi connectivity index (χ0) is 15.9. The zero-order valence-electron chi connectivity index (χ0n) is 11.7. The number of furan rings is 1. The van der Waals surface area contributed by atoms with Crippen LogP contribution in [-0.4, -0.2) is 23.7 Å². The summed E-state index contributed by atoms with van der Waals surface area (Å²) in [5.41, 5.74) is 2.03. The lowest BCUT2D eigenvalue weighted by molar-refractivity contribution is -0.385. The molecule has 0 bridgehead atoms. The van der Waals surface area contributed by atoms with Gasteiger partial charge in [0, 0.05) is 6.07 Å². The molecule has 1 heterocycles. The first-order valence-electron chi connectivity index (χ1n) is 6.31. The molecule has 0 fully saturated rings. The minimum atomic E-state index is -0.579. The second-order valence-corrected chi connectivity index (χ2v) is 4.26. The molecule has 1 aromatic heterocycles. The van der Waals surface area contributed by atoms with Crippen molar-refractivity contribution in [3.8, 4) is 5.75 Å². The van der Waals surface area contributed by atoms with Gasteiger partial charge in [0.25, 0.3) is 5.91 Å². The molecule has 1 aromatic carbocycles. The Bertz CT molecular complexity index is 708. The first-order chi connectivity index (χ1) is 10.6. The number of carbonyl (C=O) groups excluding carboxylic acids is 1. The van der Waals surface area contributed by atoms with Gasteiger partial charge in [0.1, 0.15) is 11.5 Å². The first-order valence-corrected chi connectivity index (χ1v) is 6.31. The summed E-state index contributed by atoms with van der Waals surface area (Å²) in [6, 6.07) is 9.28. The fraction of sp³-hybridized carbons (Fsp3) is 0.143. The van der Waals surface area contributed by atoms with Crippen LogP contribution in [0.2, 0.25) is 0 Å². The number of hydrogen-bond donors (Lipinski definition) is 1. The van der Waals surface area contributed by atoms with E-state index in [0.29, 0.717) is 5.76 Å². The van der Waals surface area contributed by atoms with E-state index in [4.69, 9.17) is 9.15 Å². The molecule has 0 atom stereocenters. The predicted octanol–water partition coefficient (Wildman–Crippen LogP) is 2.03. The van der Waals surface area contributed by atoms with Gasteiger partial charge in [-0.05, 0) is 25.1 Å². The van der Waals surface area contributed by atoms with E-state index < -0.39 is 10.8 Å². The van der Waals surface area contributed by atoms with Crippen LogP contribution in [0.3, 0.4) is 0 Å². The van der Waals surface area contributed by atoms with E-state index in [9.17, 15) is 14.9 Å². The second kappa shape index (κ2) is 7.02. The van der Waals surface area contributed by atoms with Gasteiger partial charge < -0.3 is 9.15 Å². The van der Waals surface area contributed by atoms with Crippen molar-refractivity contribution in [2.24, 2.45) is 5.10 Å². The molecule has 2 aromatic rings. The number of nitrogens with one attached hydrogen (secondary N) is 1. The fourth-order valence-corrected chi connectivity index (χ4v) is 1.60. The molecule has 0 aliphatic carbocycles. The molecular weight excluding hydrogens is 290 g/mol.